The van der Waals surface area contributed by atoms with E-state index in [1.807, 2.05) is 84.2 Å². The third-order valence-electron chi connectivity index (χ3n) is 4.90. The maximum Gasteiger partial charge on any atom is 0.339 e. The molecule has 4 aromatic carbocycles. The molecule has 0 bridgehead atoms. The van der Waals surface area contributed by atoms with Crippen LogP contribution in [-0.4, -0.2) is 11.0 Å². The lowest BCUT2D eigenvalue weighted by Gasteiger charge is -2.11. The van der Waals surface area contributed by atoms with Crippen LogP contribution in [-0.2, 0) is 11.3 Å². The van der Waals surface area contributed by atoms with Crippen molar-refractivity contribution in [2.24, 2.45) is 0 Å². The van der Waals surface area contributed by atoms with Crippen molar-refractivity contribution in [3.63, 3.8) is 0 Å². The summed E-state index contributed by atoms with van der Waals surface area (Å²) in [7, 11) is 0. The number of carbonyl (C=O) groups excluding carboxylic acids is 1. The van der Waals surface area contributed by atoms with Crippen molar-refractivity contribution in [1.29, 1.82) is 0 Å². The number of benzene rings is 4. The van der Waals surface area contributed by atoms with Crippen LogP contribution in [0, 0.1) is 0 Å². The van der Waals surface area contributed by atoms with E-state index >= 15 is 0 Å². The molecule has 5 aromatic rings. The van der Waals surface area contributed by atoms with Crippen molar-refractivity contribution in [1.82, 2.24) is 4.98 Å². The van der Waals surface area contributed by atoms with Crippen molar-refractivity contribution >= 4 is 38.9 Å². The molecule has 0 N–H and O–H groups in total. The molecule has 0 saturated carbocycles. The largest absolute Gasteiger partial charge is 0.456 e. The summed E-state index contributed by atoms with van der Waals surface area (Å²) < 4.78 is 5.68. The van der Waals surface area contributed by atoms with Gasteiger partial charge in [0.25, 0.3) is 0 Å². The minimum absolute atomic E-state index is 0.152. The number of carbonyl (C=O) groups is 1. The Labute approximate surface area is 172 Å². The molecule has 4 heteroatoms. The van der Waals surface area contributed by atoms with Gasteiger partial charge in [-0.3, -0.25) is 0 Å². The van der Waals surface area contributed by atoms with E-state index in [1.165, 1.54) is 0 Å². The molecule has 0 saturated heterocycles. The molecule has 1 aromatic heterocycles. The van der Waals surface area contributed by atoms with Crippen LogP contribution in [0.5, 0.6) is 0 Å². The first kappa shape index (κ1) is 17.6. The predicted octanol–water partition coefficient (Wildman–Crippen LogP) is 6.47. The Morgan fingerprint density at radius 2 is 1.45 bits per heavy atom. The standard InChI is InChI=1S/C25H17NO2S/c27-25(28-15-20-16-29-24(26-20)17-8-2-1-3-9-17)23-21-12-6-4-10-18(21)14-19-11-5-7-13-22(19)23/h1-14,16H,15H2. The first-order chi connectivity index (χ1) is 14.3. The van der Waals surface area contributed by atoms with E-state index < -0.39 is 0 Å². The molecule has 0 aliphatic carbocycles. The van der Waals surface area contributed by atoms with Gasteiger partial charge >= 0.3 is 5.97 Å². The van der Waals surface area contributed by atoms with E-state index in [2.05, 4.69) is 11.1 Å². The van der Waals surface area contributed by atoms with E-state index in [0.717, 1.165) is 37.8 Å². The lowest BCUT2D eigenvalue weighted by atomic mass is 9.97. The summed E-state index contributed by atoms with van der Waals surface area (Å²) in [6.07, 6.45) is 0. The first-order valence-corrected chi connectivity index (χ1v) is 10.2. The fraction of sp³-hybridized carbons (Fsp3) is 0.0400. The third kappa shape index (κ3) is 3.39. The third-order valence-corrected chi connectivity index (χ3v) is 5.84. The lowest BCUT2D eigenvalue weighted by Crippen LogP contribution is -2.07. The number of hydrogen-bond donors (Lipinski definition) is 0. The smallest absolute Gasteiger partial charge is 0.339 e. The molecule has 0 spiro atoms. The molecule has 1 heterocycles. The van der Waals surface area contributed by atoms with Gasteiger partial charge in [-0.2, -0.15) is 0 Å². The van der Waals surface area contributed by atoms with Gasteiger partial charge in [0, 0.05) is 10.9 Å². The maximum absolute atomic E-state index is 13.1. The van der Waals surface area contributed by atoms with Gasteiger partial charge in [-0.05, 0) is 27.6 Å². The van der Waals surface area contributed by atoms with Gasteiger partial charge in [0.1, 0.15) is 11.6 Å². The van der Waals surface area contributed by atoms with E-state index in [1.54, 1.807) is 11.3 Å². The number of rotatable bonds is 4. The summed E-state index contributed by atoms with van der Waals surface area (Å²) in [5, 5.41) is 6.72. The highest BCUT2D eigenvalue weighted by atomic mass is 32.1. The average Bonchev–Trinajstić information content (AvgIpc) is 3.25. The van der Waals surface area contributed by atoms with Gasteiger partial charge in [0.05, 0.1) is 11.3 Å². The quantitative estimate of drug-likeness (QED) is 0.258. The summed E-state index contributed by atoms with van der Waals surface area (Å²) in [4.78, 5) is 17.7. The topological polar surface area (TPSA) is 39.2 Å². The molecule has 5 rings (SSSR count). The Morgan fingerprint density at radius 3 is 2.14 bits per heavy atom. The second-order valence-corrected chi connectivity index (χ2v) is 7.64. The monoisotopic (exact) mass is 395 g/mol. The zero-order chi connectivity index (χ0) is 19.6. The number of fused-ring (bicyclic) bond motifs is 2. The summed E-state index contributed by atoms with van der Waals surface area (Å²) in [6.45, 7) is 0.152. The number of esters is 1. The fourth-order valence-electron chi connectivity index (χ4n) is 3.53. The number of aromatic nitrogens is 1. The Hall–Kier alpha value is -3.50. The molecule has 3 nitrogen and oxygen atoms in total. The summed E-state index contributed by atoms with van der Waals surface area (Å²) in [5.74, 6) is -0.327. The van der Waals surface area contributed by atoms with Crippen LogP contribution in [0.25, 0.3) is 32.1 Å². The molecule has 0 amide bonds. The number of thiazole rings is 1. The van der Waals surface area contributed by atoms with E-state index in [9.17, 15) is 4.79 Å². The average molecular weight is 395 g/mol. The zero-order valence-corrected chi connectivity index (χ0v) is 16.4. The molecule has 0 aliphatic heterocycles. The molecule has 0 radical (unpaired) electrons. The summed E-state index contributed by atoms with van der Waals surface area (Å²) >= 11 is 1.55. The summed E-state index contributed by atoms with van der Waals surface area (Å²) in [5.41, 5.74) is 2.43. The number of ether oxygens (including phenoxy) is 1. The highest BCUT2D eigenvalue weighted by molar-refractivity contribution is 7.13. The Bertz CT molecular complexity index is 1270. The van der Waals surface area contributed by atoms with Crippen molar-refractivity contribution in [2.45, 2.75) is 6.61 Å². The second kappa shape index (κ2) is 7.49. The first-order valence-electron chi connectivity index (χ1n) is 9.37. The Kier molecular flexibility index (Phi) is 4.54. The number of nitrogens with zero attached hydrogens (tertiary/aromatic N) is 1. The maximum atomic E-state index is 13.1. The molecule has 0 unspecified atom stereocenters. The molecule has 0 aliphatic rings. The normalized spacial score (nSPS) is 11.0. The molecular formula is C25H17NO2S. The molecule has 140 valence electrons. The van der Waals surface area contributed by atoms with Gasteiger partial charge in [-0.1, -0.05) is 78.9 Å². The molecule has 0 atom stereocenters. The van der Waals surface area contributed by atoms with Crippen LogP contribution in [0.1, 0.15) is 16.1 Å². The minimum Gasteiger partial charge on any atom is -0.456 e. The molecule has 29 heavy (non-hydrogen) atoms. The van der Waals surface area contributed by atoms with Crippen LogP contribution in [0.3, 0.4) is 0 Å². The van der Waals surface area contributed by atoms with E-state index in [0.29, 0.717) is 5.56 Å². The minimum atomic E-state index is -0.327. The van der Waals surface area contributed by atoms with Gasteiger partial charge in [-0.25, -0.2) is 9.78 Å². The Morgan fingerprint density at radius 1 is 0.828 bits per heavy atom. The van der Waals surface area contributed by atoms with Gasteiger partial charge in [0.15, 0.2) is 0 Å². The Balaban J connectivity index is 1.45. The highest BCUT2D eigenvalue weighted by Crippen LogP contribution is 2.29. The zero-order valence-electron chi connectivity index (χ0n) is 15.5. The van der Waals surface area contributed by atoms with Crippen molar-refractivity contribution in [2.75, 3.05) is 0 Å². The van der Waals surface area contributed by atoms with Crippen LogP contribution in [0.4, 0.5) is 0 Å². The predicted molar refractivity (Wildman–Crippen MR) is 118 cm³/mol. The number of hydrogen-bond acceptors (Lipinski definition) is 4. The van der Waals surface area contributed by atoms with E-state index in [-0.39, 0.29) is 12.6 Å². The molecular weight excluding hydrogens is 378 g/mol. The van der Waals surface area contributed by atoms with Crippen molar-refractivity contribution in [3.8, 4) is 10.6 Å². The SMILES string of the molecule is O=C(OCc1csc(-c2ccccc2)n1)c1c2ccccc2cc2ccccc12. The second-order valence-electron chi connectivity index (χ2n) is 6.78. The van der Waals surface area contributed by atoms with Crippen LogP contribution < -0.4 is 0 Å². The van der Waals surface area contributed by atoms with Crippen LogP contribution in [0.2, 0.25) is 0 Å². The molecule has 0 fully saturated rings. The van der Waals surface area contributed by atoms with Gasteiger partial charge in [-0.15, -0.1) is 11.3 Å². The lowest BCUT2D eigenvalue weighted by molar-refractivity contribution is 0.0473. The van der Waals surface area contributed by atoms with Crippen molar-refractivity contribution < 1.29 is 9.53 Å². The highest BCUT2D eigenvalue weighted by Gasteiger charge is 2.17. The fourth-order valence-corrected chi connectivity index (χ4v) is 4.34. The summed E-state index contributed by atoms with van der Waals surface area (Å²) in [6, 6.07) is 27.9. The van der Waals surface area contributed by atoms with Crippen molar-refractivity contribution in [3.05, 3.63) is 102 Å². The van der Waals surface area contributed by atoms with Crippen LogP contribution >= 0.6 is 11.3 Å². The van der Waals surface area contributed by atoms with Gasteiger partial charge < -0.3 is 4.74 Å². The van der Waals surface area contributed by atoms with E-state index in [4.69, 9.17) is 4.74 Å². The van der Waals surface area contributed by atoms with Gasteiger partial charge in [0.2, 0.25) is 0 Å². The van der Waals surface area contributed by atoms with Crippen LogP contribution in [0.15, 0.2) is 90.3 Å².